The van der Waals surface area contributed by atoms with Crippen molar-refractivity contribution in [1.82, 2.24) is 20.2 Å². The van der Waals surface area contributed by atoms with Crippen LogP contribution in [0, 0.1) is 11.3 Å². The van der Waals surface area contributed by atoms with Crippen LogP contribution in [0.5, 0.6) is 17.2 Å². The summed E-state index contributed by atoms with van der Waals surface area (Å²) in [5.74, 6) is 1.45. The Labute approximate surface area is 234 Å². The zero-order valence-electron chi connectivity index (χ0n) is 23.3. The number of pyridine rings is 1. The van der Waals surface area contributed by atoms with E-state index in [1.54, 1.807) is 44.8 Å². The average Bonchev–Trinajstić information content (AvgIpc) is 3.37. The number of nitrogens with one attached hydrogen (secondary N) is 2. The van der Waals surface area contributed by atoms with Gasteiger partial charge in [-0.25, -0.2) is 4.98 Å². The van der Waals surface area contributed by atoms with Gasteiger partial charge in [-0.2, -0.15) is 5.26 Å². The molecule has 0 saturated heterocycles. The quantitative estimate of drug-likeness (QED) is 0.204. The zero-order valence-corrected chi connectivity index (χ0v) is 23.3. The molecular formula is C31H33N5O4. The molecule has 9 heteroatoms. The molecule has 2 heterocycles. The van der Waals surface area contributed by atoms with Crippen LogP contribution in [-0.4, -0.2) is 62.2 Å². The second-order valence-corrected chi connectivity index (χ2v) is 9.52. The summed E-state index contributed by atoms with van der Waals surface area (Å²) in [5.41, 5.74) is 3.99. The Bertz CT molecular complexity index is 1570. The van der Waals surface area contributed by atoms with Gasteiger partial charge in [0.1, 0.15) is 29.6 Å². The molecule has 40 heavy (non-hydrogen) atoms. The first-order chi connectivity index (χ1) is 19.3. The molecule has 206 valence electrons. The standard InChI is InChI=1S/C31H33N5O4/c1-20(21-9-10-28(38-4)29(16-21)39-5)35-31(37)23(17-32)13-25-19-34-30-27(25)15-24(18-33-30)22-7-6-8-26(14-22)40-12-11-36(2)3/h6-10,13-16,18-20H,11-12H2,1-5H3,(H,33,34)(H,35,37)/b23-13+/t20-/m1/s1. The van der Waals surface area contributed by atoms with Crippen molar-refractivity contribution >= 4 is 23.0 Å². The Morgan fingerprint density at radius 1 is 1.12 bits per heavy atom. The molecule has 4 aromatic rings. The Kier molecular flexibility index (Phi) is 9.04. The average molecular weight is 540 g/mol. The van der Waals surface area contributed by atoms with E-state index in [4.69, 9.17) is 14.2 Å². The number of aromatic nitrogens is 2. The molecule has 0 saturated carbocycles. The summed E-state index contributed by atoms with van der Waals surface area (Å²) in [5, 5.41) is 13.5. The number of H-pyrrole nitrogens is 1. The van der Waals surface area contributed by atoms with Crippen molar-refractivity contribution in [2.75, 3.05) is 41.5 Å². The molecule has 4 rings (SSSR count). The van der Waals surface area contributed by atoms with Crippen molar-refractivity contribution in [3.8, 4) is 34.4 Å². The van der Waals surface area contributed by atoms with Crippen LogP contribution in [0.4, 0.5) is 0 Å². The Balaban J connectivity index is 1.56. The summed E-state index contributed by atoms with van der Waals surface area (Å²) < 4.78 is 16.5. The minimum atomic E-state index is -0.481. The van der Waals surface area contributed by atoms with Gasteiger partial charge in [-0.3, -0.25) is 4.79 Å². The molecule has 2 aromatic carbocycles. The molecule has 0 radical (unpaired) electrons. The van der Waals surface area contributed by atoms with Crippen LogP contribution in [0.15, 0.2) is 66.5 Å². The van der Waals surface area contributed by atoms with Gasteiger partial charge in [-0.15, -0.1) is 0 Å². The predicted octanol–water partition coefficient (Wildman–Crippen LogP) is 4.97. The number of nitrogens with zero attached hydrogens (tertiary/aromatic N) is 3. The van der Waals surface area contributed by atoms with Crippen LogP contribution in [0.2, 0.25) is 0 Å². The lowest BCUT2D eigenvalue weighted by Crippen LogP contribution is -2.27. The SMILES string of the molecule is COc1ccc([C@@H](C)NC(=O)/C(C#N)=C/c2c[nH]c3ncc(-c4cccc(OCCN(C)C)c4)cc23)cc1OC. The zero-order chi connectivity index (χ0) is 28.6. The van der Waals surface area contributed by atoms with Crippen LogP contribution in [0.25, 0.3) is 28.2 Å². The number of hydrogen-bond donors (Lipinski definition) is 2. The number of aromatic amines is 1. The van der Waals surface area contributed by atoms with Crippen molar-refractivity contribution < 1.29 is 19.0 Å². The van der Waals surface area contributed by atoms with E-state index < -0.39 is 5.91 Å². The molecule has 1 amide bonds. The van der Waals surface area contributed by atoms with Gasteiger partial charge in [0.05, 0.1) is 20.3 Å². The lowest BCUT2D eigenvalue weighted by atomic mass is 10.0. The van der Waals surface area contributed by atoms with Crippen molar-refractivity contribution in [3.05, 3.63) is 77.6 Å². The van der Waals surface area contributed by atoms with Crippen LogP contribution in [0.3, 0.4) is 0 Å². The van der Waals surface area contributed by atoms with Crippen LogP contribution < -0.4 is 19.5 Å². The maximum Gasteiger partial charge on any atom is 0.262 e. The number of rotatable bonds is 11. The summed E-state index contributed by atoms with van der Waals surface area (Å²) in [6, 6.07) is 16.9. The van der Waals surface area contributed by atoms with E-state index >= 15 is 0 Å². The van der Waals surface area contributed by atoms with Crippen molar-refractivity contribution in [3.63, 3.8) is 0 Å². The number of carbonyl (C=O) groups is 1. The Morgan fingerprint density at radius 3 is 2.65 bits per heavy atom. The van der Waals surface area contributed by atoms with Gasteiger partial charge >= 0.3 is 0 Å². The molecule has 0 spiro atoms. The number of nitriles is 1. The predicted molar refractivity (Wildman–Crippen MR) is 155 cm³/mol. The van der Waals surface area contributed by atoms with E-state index in [2.05, 4.69) is 20.2 Å². The van der Waals surface area contributed by atoms with Crippen LogP contribution in [0.1, 0.15) is 24.1 Å². The topological polar surface area (TPSA) is 112 Å². The van der Waals surface area contributed by atoms with Gasteiger partial charge in [-0.1, -0.05) is 18.2 Å². The Morgan fingerprint density at radius 2 is 1.93 bits per heavy atom. The van der Waals surface area contributed by atoms with E-state index in [0.29, 0.717) is 29.3 Å². The molecule has 2 aromatic heterocycles. The smallest absolute Gasteiger partial charge is 0.262 e. The maximum absolute atomic E-state index is 13.1. The highest BCUT2D eigenvalue weighted by atomic mass is 16.5. The number of benzene rings is 2. The van der Waals surface area contributed by atoms with Gasteiger partial charge in [0, 0.05) is 35.5 Å². The highest BCUT2D eigenvalue weighted by Crippen LogP contribution is 2.31. The number of likely N-dealkylation sites (N-methyl/N-ethyl adjacent to an activating group) is 1. The van der Waals surface area contributed by atoms with E-state index in [1.807, 2.05) is 63.5 Å². The van der Waals surface area contributed by atoms with Gasteiger partial charge in [0.25, 0.3) is 5.91 Å². The molecule has 0 aliphatic heterocycles. The third kappa shape index (κ3) is 6.60. The second-order valence-electron chi connectivity index (χ2n) is 9.52. The van der Waals surface area contributed by atoms with Crippen molar-refractivity contribution in [2.45, 2.75) is 13.0 Å². The van der Waals surface area contributed by atoms with Gasteiger partial charge in [0.15, 0.2) is 11.5 Å². The van der Waals surface area contributed by atoms with E-state index in [9.17, 15) is 10.1 Å². The highest BCUT2D eigenvalue weighted by Gasteiger charge is 2.17. The second kappa shape index (κ2) is 12.8. The number of fused-ring (bicyclic) bond motifs is 1. The van der Waals surface area contributed by atoms with E-state index in [-0.39, 0.29) is 11.6 Å². The molecule has 0 aliphatic carbocycles. The molecule has 9 nitrogen and oxygen atoms in total. The summed E-state index contributed by atoms with van der Waals surface area (Å²) in [4.78, 5) is 22.8. The number of hydrogen-bond acceptors (Lipinski definition) is 7. The normalized spacial score (nSPS) is 12.2. The first-order valence-corrected chi connectivity index (χ1v) is 12.8. The maximum atomic E-state index is 13.1. The van der Waals surface area contributed by atoms with E-state index in [1.165, 1.54) is 0 Å². The third-order valence-electron chi connectivity index (χ3n) is 6.46. The molecule has 2 N–H and O–H groups in total. The summed E-state index contributed by atoms with van der Waals surface area (Å²) >= 11 is 0. The number of carbonyl (C=O) groups excluding carboxylic acids is 1. The largest absolute Gasteiger partial charge is 0.493 e. The number of ether oxygens (including phenoxy) is 3. The fourth-order valence-electron chi connectivity index (χ4n) is 4.20. The van der Waals surface area contributed by atoms with Gasteiger partial charge in [0.2, 0.25) is 0 Å². The van der Waals surface area contributed by atoms with Crippen molar-refractivity contribution in [2.24, 2.45) is 0 Å². The molecule has 0 bridgehead atoms. The number of methoxy groups -OCH3 is 2. The summed E-state index contributed by atoms with van der Waals surface area (Å²) in [6.07, 6.45) is 5.10. The minimum absolute atomic E-state index is 0.0186. The monoisotopic (exact) mass is 539 g/mol. The lowest BCUT2D eigenvalue weighted by Gasteiger charge is -2.16. The van der Waals surface area contributed by atoms with E-state index in [0.717, 1.165) is 34.4 Å². The minimum Gasteiger partial charge on any atom is -0.493 e. The Hall–Kier alpha value is -4.81. The lowest BCUT2D eigenvalue weighted by molar-refractivity contribution is -0.117. The summed E-state index contributed by atoms with van der Waals surface area (Å²) in [7, 11) is 7.13. The molecule has 0 unspecified atom stereocenters. The van der Waals surface area contributed by atoms with Gasteiger partial charge < -0.3 is 29.4 Å². The number of amides is 1. The highest BCUT2D eigenvalue weighted by molar-refractivity contribution is 6.04. The molecule has 0 fully saturated rings. The first kappa shape index (κ1) is 28.2. The van der Waals surface area contributed by atoms with Crippen molar-refractivity contribution in [1.29, 1.82) is 5.26 Å². The molecule has 1 atom stereocenters. The van der Waals surface area contributed by atoms with Crippen LogP contribution in [-0.2, 0) is 4.79 Å². The molecule has 0 aliphatic rings. The summed E-state index contributed by atoms with van der Waals surface area (Å²) in [6.45, 7) is 3.25. The molecular weight excluding hydrogens is 506 g/mol. The fourth-order valence-corrected chi connectivity index (χ4v) is 4.20. The van der Waals surface area contributed by atoms with Crippen LogP contribution >= 0.6 is 0 Å². The van der Waals surface area contributed by atoms with Gasteiger partial charge in [-0.05, 0) is 68.6 Å². The first-order valence-electron chi connectivity index (χ1n) is 12.8. The third-order valence-corrected chi connectivity index (χ3v) is 6.46. The fraction of sp³-hybridized carbons (Fsp3) is 0.258.